The lowest BCUT2D eigenvalue weighted by atomic mass is 9.82. The standard InChI is InChI=1S/C18H25N5O3/c1-19-18(22-10-12-13(11-22)17-7-6-16(12)26-17)21-9-8-20-14-4-2-3-5-15(14)23(24)25/h2-5,12-13,16-17,20H,6-11H2,1H3,(H,19,21). The molecule has 26 heavy (non-hydrogen) atoms. The summed E-state index contributed by atoms with van der Waals surface area (Å²) in [6.07, 6.45) is 3.28. The number of aliphatic imine (C=N–C) groups is 1. The number of hydrogen-bond acceptors (Lipinski definition) is 5. The first-order chi connectivity index (χ1) is 12.7. The van der Waals surface area contributed by atoms with Crippen LogP contribution in [0.3, 0.4) is 0 Å². The van der Waals surface area contributed by atoms with Gasteiger partial charge < -0.3 is 20.3 Å². The average Bonchev–Trinajstić information content (AvgIpc) is 3.35. The van der Waals surface area contributed by atoms with Crippen molar-refractivity contribution >= 4 is 17.3 Å². The predicted molar refractivity (Wildman–Crippen MR) is 99.4 cm³/mol. The van der Waals surface area contributed by atoms with Crippen molar-refractivity contribution in [1.82, 2.24) is 10.2 Å². The van der Waals surface area contributed by atoms with Gasteiger partial charge in [0.2, 0.25) is 0 Å². The van der Waals surface area contributed by atoms with E-state index in [9.17, 15) is 10.1 Å². The molecule has 3 heterocycles. The zero-order valence-electron chi connectivity index (χ0n) is 14.9. The molecule has 4 unspecified atom stereocenters. The molecule has 3 aliphatic rings. The van der Waals surface area contributed by atoms with Crippen molar-refractivity contribution in [2.24, 2.45) is 16.8 Å². The highest BCUT2D eigenvalue weighted by molar-refractivity contribution is 5.80. The normalized spacial score (nSPS) is 29.7. The monoisotopic (exact) mass is 359 g/mol. The van der Waals surface area contributed by atoms with Crippen LogP contribution in [0.5, 0.6) is 0 Å². The molecule has 3 saturated heterocycles. The van der Waals surface area contributed by atoms with Gasteiger partial charge in [-0.2, -0.15) is 0 Å². The van der Waals surface area contributed by atoms with Crippen molar-refractivity contribution in [3.8, 4) is 0 Å². The predicted octanol–water partition coefficient (Wildman–Crippen LogP) is 1.69. The molecule has 0 saturated carbocycles. The molecule has 0 aliphatic carbocycles. The van der Waals surface area contributed by atoms with E-state index in [1.807, 2.05) is 0 Å². The zero-order chi connectivity index (χ0) is 18.1. The van der Waals surface area contributed by atoms with Gasteiger partial charge in [0.25, 0.3) is 5.69 Å². The quantitative estimate of drug-likeness (QED) is 0.273. The highest BCUT2D eigenvalue weighted by Crippen LogP contribution is 2.47. The number of hydrogen-bond donors (Lipinski definition) is 2. The van der Waals surface area contributed by atoms with Crippen LogP contribution in [0.2, 0.25) is 0 Å². The van der Waals surface area contributed by atoms with Crippen LogP contribution in [0.15, 0.2) is 29.3 Å². The summed E-state index contributed by atoms with van der Waals surface area (Å²) in [4.78, 5) is 17.4. The van der Waals surface area contributed by atoms with Gasteiger partial charge in [0.05, 0.1) is 17.1 Å². The molecule has 0 amide bonds. The molecule has 140 valence electrons. The molecular weight excluding hydrogens is 334 g/mol. The van der Waals surface area contributed by atoms with Crippen LogP contribution in [0, 0.1) is 22.0 Å². The summed E-state index contributed by atoms with van der Waals surface area (Å²) in [6.45, 7) is 3.24. The third-order valence-electron chi connectivity index (χ3n) is 5.79. The Bertz CT molecular complexity index is 692. The number of likely N-dealkylation sites (tertiary alicyclic amines) is 1. The molecule has 0 radical (unpaired) electrons. The number of anilines is 1. The third kappa shape index (κ3) is 3.09. The van der Waals surface area contributed by atoms with Crippen LogP contribution in [0.25, 0.3) is 0 Å². The number of fused-ring (bicyclic) bond motifs is 5. The molecule has 3 aliphatic heterocycles. The van der Waals surface area contributed by atoms with E-state index in [1.165, 1.54) is 18.9 Å². The molecule has 2 N–H and O–H groups in total. The summed E-state index contributed by atoms with van der Waals surface area (Å²) in [5.41, 5.74) is 0.637. The molecule has 0 aromatic heterocycles. The van der Waals surface area contributed by atoms with E-state index < -0.39 is 0 Å². The van der Waals surface area contributed by atoms with E-state index in [-0.39, 0.29) is 10.6 Å². The van der Waals surface area contributed by atoms with E-state index in [0.29, 0.717) is 42.8 Å². The number of nitro benzene ring substituents is 1. The summed E-state index contributed by atoms with van der Waals surface area (Å²) in [5, 5.41) is 17.6. The van der Waals surface area contributed by atoms with Gasteiger partial charge in [-0.25, -0.2) is 0 Å². The van der Waals surface area contributed by atoms with E-state index in [0.717, 1.165) is 19.0 Å². The van der Waals surface area contributed by atoms with E-state index >= 15 is 0 Å². The number of nitro groups is 1. The van der Waals surface area contributed by atoms with Crippen LogP contribution >= 0.6 is 0 Å². The maximum atomic E-state index is 11.1. The summed E-state index contributed by atoms with van der Waals surface area (Å²) in [6, 6.07) is 6.70. The largest absolute Gasteiger partial charge is 0.378 e. The lowest BCUT2D eigenvalue weighted by Gasteiger charge is -2.23. The van der Waals surface area contributed by atoms with Gasteiger partial charge in [-0.15, -0.1) is 0 Å². The fourth-order valence-electron chi connectivity index (χ4n) is 4.62. The van der Waals surface area contributed by atoms with E-state index in [1.54, 1.807) is 25.2 Å². The van der Waals surface area contributed by atoms with Gasteiger partial charge in [0, 0.05) is 51.1 Å². The first-order valence-corrected chi connectivity index (χ1v) is 9.25. The van der Waals surface area contributed by atoms with E-state index in [2.05, 4.69) is 20.5 Å². The second-order valence-corrected chi connectivity index (χ2v) is 7.20. The van der Waals surface area contributed by atoms with Crippen LogP contribution in [-0.4, -0.2) is 61.2 Å². The molecular formula is C18H25N5O3. The van der Waals surface area contributed by atoms with Gasteiger partial charge in [-0.05, 0) is 18.9 Å². The first-order valence-electron chi connectivity index (χ1n) is 9.25. The molecule has 1 aromatic carbocycles. The SMILES string of the molecule is CN=C(NCCNc1ccccc1[N+](=O)[O-])N1CC2C3CCC(O3)C2C1. The minimum atomic E-state index is -0.367. The van der Waals surface area contributed by atoms with Crippen molar-refractivity contribution in [3.05, 3.63) is 34.4 Å². The van der Waals surface area contributed by atoms with Crippen LogP contribution in [-0.2, 0) is 4.74 Å². The van der Waals surface area contributed by atoms with Crippen molar-refractivity contribution in [1.29, 1.82) is 0 Å². The van der Waals surface area contributed by atoms with Crippen molar-refractivity contribution < 1.29 is 9.66 Å². The molecule has 3 fully saturated rings. The molecule has 0 spiro atoms. The molecule has 4 atom stereocenters. The lowest BCUT2D eigenvalue weighted by Crippen LogP contribution is -2.42. The Kier molecular flexibility index (Phi) is 4.67. The number of guanidine groups is 1. The Labute approximate surface area is 152 Å². The van der Waals surface area contributed by atoms with Crippen LogP contribution in [0.1, 0.15) is 12.8 Å². The number of rotatable bonds is 5. The van der Waals surface area contributed by atoms with Crippen molar-refractivity contribution in [3.63, 3.8) is 0 Å². The highest BCUT2D eigenvalue weighted by atomic mass is 16.6. The average molecular weight is 359 g/mol. The lowest BCUT2D eigenvalue weighted by molar-refractivity contribution is -0.384. The number of nitrogens with one attached hydrogen (secondary N) is 2. The summed E-state index contributed by atoms with van der Waals surface area (Å²) in [7, 11) is 1.80. The zero-order valence-corrected chi connectivity index (χ0v) is 14.9. The number of ether oxygens (including phenoxy) is 1. The number of nitrogens with zero attached hydrogens (tertiary/aromatic N) is 3. The fraction of sp³-hybridized carbons (Fsp3) is 0.611. The Morgan fingerprint density at radius 3 is 2.62 bits per heavy atom. The van der Waals surface area contributed by atoms with Crippen LogP contribution < -0.4 is 10.6 Å². The van der Waals surface area contributed by atoms with Crippen molar-refractivity contribution in [2.45, 2.75) is 25.0 Å². The Hall–Kier alpha value is -2.35. The molecule has 2 bridgehead atoms. The van der Waals surface area contributed by atoms with Gasteiger partial charge in [-0.1, -0.05) is 12.1 Å². The third-order valence-corrected chi connectivity index (χ3v) is 5.79. The second-order valence-electron chi connectivity index (χ2n) is 7.20. The summed E-state index contributed by atoms with van der Waals surface area (Å²) < 4.78 is 6.03. The molecule has 8 heteroatoms. The van der Waals surface area contributed by atoms with Crippen LogP contribution in [0.4, 0.5) is 11.4 Å². The second kappa shape index (κ2) is 7.11. The van der Waals surface area contributed by atoms with Gasteiger partial charge in [0.1, 0.15) is 5.69 Å². The Balaban J connectivity index is 1.27. The maximum Gasteiger partial charge on any atom is 0.292 e. The molecule has 8 nitrogen and oxygen atoms in total. The summed E-state index contributed by atoms with van der Waals surface area (Å²) in [5.74, 6) is 2.18. The maximum absolute atomic E-state index is 11.1. The van der Waals surface area contributed by atoms with Gasteiger partial charge in [0.15, 0.2) is 5.96 Å². The molecule has 4 rings (SSSR count). The van der Waals surface area contributed by atoms with E-state index in [4.69, 9.17) is 4.74 Å². The van der Waals surface area contributed by atoms with Gasteiger partial charge in [-0.3, -0.25) is 15.1 Å². The topological polar surface area (TPSA) is 92.0 Å². The fourth-order valence-corrected chi connectivity index (χ4v) is 4.62. The minimum absolute atomic E-state index is 0.0970. The number of benzene rings is 1. The highest BCUT2D eigenvalue weighted by Gasteiger charge is 2.53. The van der Waals surface area contributed by atoms with Crippen molar-refractivity contribution in [2.75, 3.05) is 38.5 Å². The van der Waals surface area contributed by atoms with Gasteiger partial charge >= 0.3 is 0 Å². The smallest absolute Gasteiger partial charge is 0.292 e. The first kappa shape index (κ1) is 17.1. The summed E-state index contributed by atoms with van der Waals surface area (Å²) >= 11 is 0. The number of para-hydroxylation sites is 2. The Morgan fingerprint density at radius 1 is 1.27 bits per heavy atom. The minimum Gasteiger partial charge on any atom is -0.378 e. The Morgan fingerprint density at radius 2 is 1.96 bits per heavy atom. The molecule has 1 aromatic rings.